The highest BCUT2D eigenvalue weighted by atomic mass is 19.1. The predicted molar refractivity (Wildman–Crippen MR) is 91.5 cm³/mol. The molecule has 2 heterocycles. The second kappa shape index (κ2) is 7.42. The molecular weight excluding hydrogens is 321 g/mol. The van der Waals surface area contributed by atoms with Crippen LogP contribution in [-0.2, 0) is 24.2 Å². The van der Waals surface area contributed by atoms with Crippen molar-refractivity contribution in [1.82, 2.24) is 15.2 Å². The zero-order chi connectivity index (χ0) is 17.8. The van der Waals surface area contributed by atoms with Gasteiger partial charge in [0.25, 0.3) is 5.91 Å². The van der Waals surface area contributed by atoms with Crippen molar-refractivity contribution in [3.8, 4) is 0 Å². The molecule has 0 aliphatic carbocycles. The van der Waals surface area contributed by atoms with Crippen LogP contribution in [0.25, 0.3) is 0 Å². The molecular formula is C19H20FN3O2. The van der Waals surface area contributed by atoms with Crippen molar-refractivity contribution < 1.29 is 14.0 Å². The highest BCUT2D eigenvalue weighted by Gasteiger charge is 2.23. The number of aromatic nitrogens is 1. The maximum Gasteiger partial charge on any atom is 0.253 e. The highest BCUT2D eigenvalue weighted by molar-refractivity contribution is 5.95. The quantitative estimate of drug-likeness (QED) is 0.926. The molecule has 25 heavy (non-hydrogen) atoms. The number of amides is 2. The number of rotatable bonds is 4. The van der Waals surface area contributed by atoms with Gasteiger partial charge in [0.2, 0.25) is 5.91 Å². The third-order valence-electron chi connectivity index (χ3n) is 4.47. The van der Waals surface area contributed by atoms with Crippen LogP contribution in [0, 0.1) is 5.82 Å². The molecule has 130 valence electrons. The van der Waals surface area contributed by atoms with E-state index in [4.69, 9.17) is 0 Å². The maximum atomic E-state index is 13.6. The highest BCUT2D eigenvalue weighted by Crippen LogP contribution is 2.21. The third-order valence-corrected chi connectivity index (χ3v) is 4.47. The summed E-state index contributed by atoms with van der Waals surface area (Å²) in [4.78, 5) is 29.9. The molecule has 0 spiro atoms. The summed E-state index contributed by atoms with van der Waals surface area (Å²) in [6.07, 6.45) is 4.33. The predicted octanol–water partition coefficient (Wildman–Crippen LogP) is 2.10. The van der Waals surface area contributed by atoms with Gasteiger partial charge in [-0.15, -0.1) is 0 Å². The Morgan fingerprint density at radius 1 is 1.28 bits per heavy atom. The van der Waals surface area contributed by atoms with Gasteiger partial charge in [-0.25, -0.2) is 4.39 Å². The number of benzene rings is 1. The summed E-state index contributed by atoms with van der Waals surface area (Å²) >= 11 is 0. The molecule has 0 radical (unpaired) electrons. The van der Waals surface area contributed by atoms with E-state index in [1.807, 2.05) is 0 Å². The molecule has 0 saturated heterocycles. The van der Waals surface area contributed by atoms with Gasteiger partial charge >= 0.3 is 0 Å². The van der Waals surface area contributed by atoms with Crippen LogP contribution in [0.5, 0.6) is 0 Å². The molecule has 3 rings (SSSR count). The number of nitrogens with zero attached hydrogens (tertiary/aromatic N) is 2. The van der Waals surface area contributed by atoms with Crippen molar-refractivity contribution >= 4 is 11.8 Å². The molecule has 0 fully saturated rings. The lowest BCUT2D eigenvalue weighted by Crippen LogP contribution is -2.36. The van der Waals surface area contributed by atoms with Crippen LogP contribution >= 0.6 is 0 Å². The van der Waals surface area contributed by atoms with Crippen molar-refractivity contribution in [2.45, 2.75) is 26.3 Å². The molecule has 0 saturated carbocycles. The van der Waals surface area contributed by atoms with E-state index in [9.17, 15) is 14.0 Å². The summed E-state index contributed by atoms with van der Waals surface area (Å²) in [5.74, 6) is -0.456. The molecule has 2 amide bonds. The monoisotopic (exact) mass is 341 g/mol. The van der Waals surface area contributed by atoms with Crippen molar-refractivity contribution in [1.29, 1.82) is 0 Å². The fourth-order valence-corrected chi connectivity index (χ4v) is 3.07. The van der Waals surface area contributed by atoms with Gasteiger partial charge in [-0.2, -0.15) is 0 Å². The Morgan fingerprint density at radius 3 is 2.84 bits per heavy atom. The standard InChI is InChI=1S/C19H20FN3O2/c1-13(24)23-9-7-16-15(12-23)10-21-11-17(16)19(25)22-8-6-14-4-2-3-5-18(14)20/h2-5,10-11H,6-9,12H2,1H3,(H,22,25). The molecule has 0 atom stereocenters. The lowest BCUT2D eigenvalue weighted by atomic mass is 9.96. The smallest absolute Gasteiger partial charge is 0.253 e. The SMILES string of the molecule is CC(=O)N1CCc2c(cncc2C(=O)NCCc2ccccc2F)C1. The number of nitrogens with one attached hydrogen (secondary N) is 1. The van der Waals surface area contributed by atoms with Gasteiger partial charge in [-0.3, -0.25) is 14.6 Å². The van der Waals surface area contributed by atoms with Gasteiger partial charge in [-0.1, -0.05) is 18.2 Å². The second-order valence-electron chi connectivity index (χ2n) is 6.11. The molecule has 1 aliphatic rings. The second-order valence-corrected chi connectivity index (χ2v) is 6.11. The first kappa shape index (κ1) is 17.1. The Kier molecular flexibility index (Phi) is 5.07. The number of hydrogen-bond acceptors (Lipinski definition) is 3. The van der Waals surface area contributed by atoms with Crippen LogP contribution in [0.15, 0.2) is 36.7 Å². The van der Waals surface area contributed by atoms with E-state index in [-0.39, 0.29) is 17.6 Å². The van der Waals surface area contributed by atoms with Gasteiger partial charge in [-0.05, 0) is 35.6 Å². The lowest BCUT2D eigenvalue weighted by Gasteiger charge is -2.28. The average Bonchev–Trinajstić information content (AvgIpc) is 2.62. The number of pyridine rings is 1. The molecule has 6 heteroatoms. The number of halogens is 1. The summed E-state index contributed by atoms with van der Waals surface area (Å²) in [6.45, 7) is 2.97. The number of fused-ring (bicyclic) bond motifs is 1. The summed E-state index contributed by atoms with van der Waals surface area (Å²) in [6, 6.07) is 6.54. The van der Waals surface area contributed by atoms with Gasteiger partial charge in [0, 0.05) is 39.0 Å². The van der Waals surface area contributed by atoms with Crippen LogP contribution in [0.2, 0.25) is 0 Å². The fourth-order valence-electron chi connectivity index (χ4n) is 3.07. The Bertz CT molecular complexity index is 807. The zero-order valence-corrected chi connectivity index (χ0v) is 14.1. The number of carbonyl (C=O) groups is 2. The minimum atomic E-state index is -0.264. The topological polar surface area (TPSA) is 62.3 Å². The average molecular weight is 341 g/mol. The van der Waals surface area contributed by atoms with Gasteiger partial charge in [0.1, 0.15) is 5.82 Å². The molecule has 0 unspecified atom stereocenters. The van der Waals surface area contributed by atoms with E-state index in [1.165, 1.54) is 13.0 Å². The van der Waals surface area contributed by atoms with Gasteiger partial charge in [0.15, 0.2) is 0 Å². The molecule has 1 aromatic heterocycles. The molecule has 1 aromatic carbocycles. The Hall–Kier alpha value is -2.76. The summed E-state index contributed by atoms with van der Waals surface area (Å²) in [5, 5.41) is 2.83. The molecule has 5 nitrogen and oxygen atoms in total. The van der Waals surface area contributed by atoms with E-state index in [2.05, 4.69) is 10.3 Å². The molecule has 0 bridgehead atoms. The Labute approximate surface area is 145 Å². The van der Waals surface area contributed by atoms with E-state index in [0.717, 1.165) is 11.1 Å². The molecule has 1 N–H and O–H groups in total. The Balaban J connectivity index is 1.66. The maximum absolute atomic E-state index is 13.6. The van der Waals surface area contributed by atoms with Crippen LogP contribution in [0.3, 0.4) is 0 Å². The first-order valence-corrected chi connectivity index (χ1v) is 8.29. The minimum Gasteiger partial charge on any atom is -0.352 e. The summed E-state index contributed by atoms with van der Waals surface area (Å²) in [7, 11) is 0. The van der Waals surface area contributed by atoms with Crippen LogP contribution in [0.1, 0.15) is 34.0 Å². The van der Waals surface area contributed by atoms with Crippen LogP contribution < -0.4 is 5.32 Å². The first-order valence-electron chi connectivity index (χ1n) is 8.29. The van der Waals surface area contributed by atoms with Crippen molar-refractivity contribution in [3.05, 3.63) is 64.7 Å². The molecule has 2 aromatic rings. The van der Waals surface area contributed by atoms with E-state index >= 15 is 0 Å². The van der Waals surface area contributed by atoms with Crippen LogP contribution in [-0.4, -0.2) is 34.8 Å². The number of carbonyl (C=O) groups excluding carboxylic acids is 2. The van der Waals surface area contributed by atoms with Crippen LogP contribution in [0.4, 0.5) is 4.39 Å². The summed E-state index contributed by atoms with van der Waals surface area (Å²) < 4.78 is 13.6. The largest absolute Gasteiger partial charge is 0.352 e. The van der Waals surface area contributed by atoms with Crippen molar-refractivity contribution in [2.24, 2.45) is 0 Å². The zero-order valence-electron chi connectivity index (χ0n) is 14.1. The first-order chi connectivity index (χ1) is 12.1. The molecule has 1 aliphatic heterocycles. The summed E-state index contributed by atoms with van der Waals surface area (Å²) in [5.41, 5.74) is 2.96. The third kappa shape index (κ3) is 3.84. The van der Waals surface area contributed by atoms with Crippen molar-refractivity contribution in [3.63, 3.8) is 0 Å². The Morgan fingerprint density at radius 2 is 2.08 bits per heavy atom. The van der Waals surface area contributed by atoms with Crippen molar-refractivity contribution in [2.75, 3.05) is 13.1 Å². The fraction of sp³-hybridized carbons (Fsp3) is 0.316. The normalized spacial score (nSPS) is 13.3. The van der Waals surface area contributed by atoms with E-state index < -0.39 is 0 Å². The lowest BCUT2D eigenvalue weighted by molar-refractivity contribution is -0.129. The minimum absolute atomic E-state index is 0.0189. The van der Waals surface area contributed by atoms with Gasteiger partial charge < -0.3 is 10.2 Å². The number of hydrogen-bond donors (Lipinski definition) is 1. The van der Waals surface area contributed by atoms with E-state index in [0.29, 0.717) is 43.6 Å². The van der Waals surface area contributed by atoms with Gasteiger partial charge in [0.05, 0.1) is 5.56 Å². The van der Waals surface area contributed by atoms with E-state index in [1.54, 1.807) is 35.5 Å².